The minimum Gasteiger partial charge on any atom is -0.494 e. The summed E-state index contributed by atoms with van der Waals surface area (Å²) in [6, 6.07) is 3.39. The van der Waals surface area contributed by atoms with Crippen LogP contribution in [0.1, 0.15) is 73.1 Å². The summed E-state index contributed by atoms with van der Waals surface area (Å²) < 4.78 is 17.5. The number of allylic oxidation sites excluding steroid dienone is 1. The summed E-state index contributed by atoms with van der Waals surface area (Å²) in [5.41, 5.74) is -1.78. The van der Waals surface area contributed by atoms with E-state index in [2.05, 4.69) is 21.7 Å². The van der Waals surface area contributed by atoms with E-state index >= 15 is 0 Å². The number of fused-ring (bicyclic) bond motifs is 3. The standard InChI is InChI=1S/C35H45ClN4O7/c1-20-28(46-31-25-16-23(36)14-15-24(25)27(45-6)18-37-31)19-40-29(20)30(42)39-35(21(2)41)17-22(35)12-10-8-7-9-11-13-26(32(40)43)38-33(44)47-34(3,4)5/h10,12,14-16,18,20,22,26,28-29H,7-9,11,13,17,19H2,1-6H3,(H,38,44)(H,39,42)/b12-10-/t20-,22-,26+,28+,29+,35+/m1/s1. The highest BCUT2D eigenvalue weighted by atomic mass is 35.5. The van der Waals surface area contributed by atoms with Gasteiger partial charge in [-0.25, -0.2) is 9.78 Å². The van der Waals surface area contributed by atoms with Crippen LogP contribution < -0.4 is 20.1 Å². The van der Waals surface area contributed by atoms with Crippen LogP contribution in [-0.4, -0.2) is 76.6 Å². The van der Waals surface area contributed by atoms with Gasteiger partial charge >= 0.3 is 6.09 Å². The SMILES string of the molecule is COc1cnc(O[C@H]2CN3C(=O)[C@@H](NC(=O)OC(C)(C)C)CCCCC/C=C\[C@@H]4C[C@@]4(C(C)=O)NC(=O)[C@@H]3[C@@H]2C)c2cc(Cl)ccc12. The first-order chi connectivity index (χ1) is 22.2. The molecule has 1 saturated heterocycles. The molecule has 2 aromatic rings. The lowest BCUT2D eigenvalue weighted by Crippen LogP contribution is -2.57. The number of aromatic nitrogens is 1. The van der Waals surface area contributed by atoms with Gasteiger partial charge in [0, 0.05) is 27.6 Å². The highest BCUT2D eigenvalue weighted by Crippen LogP contribution is 2.46. The summed E-state index contributed by atoms with van der Waals surface area (Å²) in [4.78, 5) is 60.4. The van der Waals surface area contributed by atoms with Crippen molar-refractivity contribution in [2.24, 2.45) is 11.8 Å². The van der Waals surface area contributed by atoms with E-state index in [9.17, 15) is 19.2 Å². The average Bonchev–Trinajstić information content (AvgIpc) is 3.60. The molecule has 0 spiro atoms. The maximum absolute atomic E-state index is 14.4. The number of Topliss-reactive ketones (excluding diaryl/α,β-unsaturated/α-hetero) is 1. The van der Waals surface area contributed by atoms with Gasteiger partial charge in [-0.05, 0) is 71.6 Å². The van der Waals surface area contributed by atoms with Crippen LogP contribution in [0.15, 0.2) is 36.5 Å². The molecule has 3 heterocycles. The number of pyridine rings is 1. The lowest BCUT2D eigenvalue weighted by molar-refractivity contribution is -0.142. The molecule has 1 saturated carbocycles. The zero-order valence-corrected chi connectivity index (χ0v) is 28.7. The lowest BCUT2D eigenvalue weighted by atomic mass is 9.98. The molecule has 11 nitrogen and oxygen atoms in total. The molecular weight excluding hydrogens is 624 g/mol. The van der Waals surface area contributed by atoms with Gasteiger partial charge in [0.2, 0.25) is 17.7 Å². The molecule has 3 aliphatic rings. The first-order valence-electron chi connectivity index (χ1n) is 16.3. The second-order valence-corrected chi connectivity index (χ2v) is 14.3. The minimum absolute atomic E-state index is 0.0523. The number of halogens is 1. The van der Waals surface area contributed by atoms with Crippen molar-refractivity contribution in [3.8, 4) is 11.6 Å². The molecule has 1 aliphatic carbocycles. The summed E-state index contributed by atoms with van der Waals surface area (Å²) in [5, 5.41) is 7.66. The first kappa shape index (κ1) is 34.5. The van der Waals surface area contributed by atoms with Crippen molar-refractivity contribution in [3.63, 3.8) is 0 Å². The number of methoxy groups -OCH3 is 1. The molecule has 1 aromatic carbocycles. The van der Waals surface area contributed by atoms with E-state index < -0.39 is 53.2 Å². The number of ketones is 1. The minimum atomic E-state index is -1.01. The molecule has 0 bridgehead atoms. The molecule has 0 unspecified atom stereocenters. The number of carbonyl (C=O) groups is 4. The van der Waals surface area contributed by atoms with Gasteiger partial charge in [0.05, 0.1) is 19.9 Å². The molecule has 3 amide bonds. The van der Waals surface area contributed by atoms with Gasteiger partial charge in [-0.3, -0.25) is 14.4 Å². The van der Waals surface area contributed by atoms with Crippen LogP contribution in [0.4, 0.5) is 4.79 Å². The molecule has 2 fully saturated rings. The van der Waals surface area contributed by atoms with Crippen molar-refractivity contribution in [2.75, 3.05) is 13.7 Å². The average molecular weight is 669 g/mol. The quantitative estimate of drug-likeness (QED) is 0.406. The van der Waals surface area contributed by atoms with Crippen molar-refractivity contribution in [1.82, 2.24) is 20.5 Å². The highest BCUT2D eigenvalue weighted by Gasteiger charge is 2.59. The molecule has 254 valence electrons. The van der Waals surface area contributed by atoms with Gasteiger partial charge in [0.1, 0.15) is 35.1 Å². The number of hydrogen-bond donors (Lipinski definition) is 2. The Bertz CT molecular complexity index is 1570. The van der Waals surface area contributed by atoms with E-state index in [4.69, 9.17) is 25.8 Å². The number of hydrogen-bond acceptors (Lipinski definition) is 8. The third-order valence-electron chi connectivity index (χ3n) is 9.32. The van der Waals surface area contributed by atoms with Crippen LogP contribution >= 0.6 is 11.6 Å². The Morgan fingerprint density at radius 3 is 2.62 bits per heavy atom. The predicted molar refractivity (Wildman–Crippen MR) is 177 cm³/mol. The molecule has 5 rings (SSSR count). The van der Waals surface area contributed by atoms with Gasteiger partial charge in [-0.1, -0.05) is 43.5 Å². The zero-order valence-electron chi connectivity index (χ0n) is 27.9. The maximum atomic E-state index is 14.4. The Morgan fingerprint density at radius 1 is 1.15 bits per heavy atom. The Kier molecular flexibility index (Phi) is 10.1. The smallest absolute Gasteiger partial charge is 0.408 e. The maximum Gasteiger partial charge on any atom is 0.408 e. The third-order valence-corrected chi connectivity index (χ3v) is 9.55. The molecule has 2 N–H and O–H groups in total. The highest BCUT2D eigenvalue weighted by molar-refractivity contribution is 6.31. The Hall–Kier alpha value is -3.86. The van der Waals surface area contributed by atoms with Crippen LogP contribution in [0.5, 0.6) is 11.6 Å². The van der Waals surface area contributed by atoms with Gasteiger partial charge in [0.15, 0.2) is 5.78 Å². The van der Waals surface area contributed by atoms with Crippen LogP contribution in [0, 0.1) is 11.8 Å². The Balaban J connectivity index is 1.50. The second-order valence-electron chi connectivity index (χ2n) is 13.9. The number of rotatable bonds is 5. The Morgan fingerprint density at radius 2 is 1.91 bits per heavy atom. The van der Waals surface area contributed by atoms with Gasteiger partial charge in [-0.2, -0.15) is 0 Å². The monoisotopic (exact) mass is 668 g/mol. The van der Waals surface area contributed by atoms with Crippen molar-refractivity contribution in [3.05, 3.63) is 41.6 Å². The number of alkyl carbamates (subject to hydrolysis) is 1. The van der Waals surface area contributed by atoms with E-state index in [0.717, 1.165) is 24.6 Å². The molecule has 6 atom stereocenters. The number of amides is 3. The molecule has 47 heavy (non-hydrogen) atoms. The molecule has 0 radical (unpaired) electrons. The normalized spacial score (nSPS) is 29.0. The van der Waals surface area contributed by atoms with E-state index in [0.29, 0.717) is 35.4 Å². The van der Waals surface area contributed by atoms with Crippen LogP contribution in [0.25, 0.3) is 10.8 Å². The number of benzene rings is 1. The number of nitrogens with one attached hydrogen (secondary N) is 2. The first-order valence-corrected chi connectivity index (χ1v) is 16.7. The lowest BCUT2D eigenvalue weighted by Gasteiger charge is -2.31. The second kappa shape index (κ2) is 13.7. The fourth-order valence-electron chi connectivity index (χ4n) is 6.68. The zero-order chi connectivity index (χ0) is 34.1. The topological polar surface area (TPSA) is 136 Å². The van der Waals surface area contributed by atoms with Gasteiger partial charge in [0.25, 0.3) is 0 Å². The number of ether oxygens (including phenoxy) is 3. The fraction of sp³-hybridized carbons (Fsp3) is 0.571. The summed E-state index contributed by atoms with van der Waals surface area (Å²) in [6.45, 7) is 8.64. The summed E-state index contributed by atoms with van der Waals surface area (Å²) in [7, 11) is 1.55. The summed E-state index contributed by atoms with van der Waals surface area (Å²) in [6.07, 6.45) is 8.39. The van der Waals surface area contributed by atoms with Crippen LogP contribution in [0.3, 0.4) is 0 Å². The van der Waals surface area contributed by atoms with Crippen molar-refractivity contribution >= 4 is 46.1 Å². The predicted octanol–water partition coefficient (Wildman–Crippen LogP) is 5.37. The van der Waals surface area contributed by atoms with Crippen LogP contribution in [0.2, 0.25) is 5.02 Å². The number of carbonyl (C=O) groups excluding carboxylic acids is 4. The third kappa shape index (κ3) is 7.50. The van der Waals surface area contributed by atoms with Gasteiger partial charge in [-0.15, -0.1) is 0 Å². The van der Waals surface area contributed by atoms with Crippen molar-refractivity contribution in [2.45, 2.75) is 102 Å². The Labute approximate surface area is 280 Å². The van der Waals surface area contributed by atoms with E-state index in [-0.39, 0.29) is 24.1 Å². The number of nitrogens with zero attached hydrogens (tertiary/aromatic N) is 2. The molecule has 1 aromatic heterocycles. The van der Waals surface area contributed by atoms with Crippen molar-refractivity contribution < 1.29 is 33.4 Å². The van der Waals surface area contributed by atoms with Crippen molar-refractivity contribution in [1.29, 1.82) is 0 Å². The van der Waals surface area contributed by atoms with Crippen LogP contribution in [-0.2, 0) is 19.1 Å². The van der Waals surface area contributed by atoms with Gasteiger partial charge < -0.3 is 29.7 Å². The molecule has 12 heteroatoms. The molecular formula is C35H45ClN4O7. The largest absolute Gasteiger partial charge is 0.494 e. The van der Waals surface area contributed by atoms with E-state index in [1.807, 2.05) is 19.1 Å². The summed E-state index contributed by atoms with van der Waals surface area (Å²) in [5.74, 6) is -0.770. The fourth-order valence-corrected chi connectivity index (χ4v) is 6.86. The van der Waals surface area contributed by atoms with E-state index in [1.54, 1.807) is 46.2 Å². The summed E-state index contributed by atoms with van der Waals surface area (Å²) >= 11 is 6.34. The molecule has 2 aliphatic heterocycles. The van der Waals surface area contributed by atoms with E-state index in [1.165, 1.54) is 11.8 Å².